The highest BCUT2D eigenvalue weighted by atomic mass is 79.9. The Kier molecular flexibility index (Phi) is 4.47. The summed E-state index contributed by atoms with van der Waals surface area (Å²) in [5, 5.41) is 9.18. The maximum absolute atomic E-state index is 12.2. The normalized spacial score (nSPS) is 12.9. The predicted octanol–water partition coefficient (Wildman–Crippen LogP) is 3.15. The lowest BCUT2D eigenvalue weighted by molar-refractivity contribution is -0.00621. The van der Waals surface area contributed by atoms with E-state index in [2.05, 4.69) is 15.9 Å². The summed E-state index contributed by atoms with van der Waals surface area (Å²) in [5.41, 5.74) is 0.161. The molecule has 0 aliphatic carbocycles. The molecule has 15 heavy (non-hydrogen) atoms. The first-order valence-electron chi connectivity index (χ1n) is 4.44. The lowest BCUT2D eigenvalue weighted by Gasteiger charge is -2.13. The predicted molar refractivity (Wildman–Crippen MR) is 56.3 cm³/mol. The summed E-state index contributed by atoms with van der Waals surface area (Å²) in [4.78, 5) is 0. The van der Waals surface area contributed by atoms with Gasteiger partial charge in [0, 0.05) is 10.0 Å². The third-order valence-corrected chi connectivity index (χ3v) is 2.53. The highest BCUT2D eigenvalue weighted by Crippen LogP contribution is 2.30. The first kappa shape index (κ1) is 12.4. The van der Waals surface area contributed by atoms with Gasteiger partial charge in [-0.15, -0.1) is 0 Å². The monoisotopic (exact) mass is 280 g/mol. The Bertz CT molecular complexity index is 331. The third-order valence-electron chi connectivity index (χ3n) is 1.84. The van der Waals surface area contributed by atoms with Crippen LogP contribution in [0.4, 0.5) is 8.78 Å². The summed E-state index contributed by atoms with van der Waals surface area (Å²) >= 11 is 3.11. The fourth-order valence-corrected chi connectivity index (χ4v) is 1.73. The molecule has 1 rings (SSSR count). The van der Waals surface area contributed by atoms with Crippen LogP contribution in [0.5, 0.6) is 5.75 Å². The van der Waals surface area contributed by atoms with E-state index in [1.165, 1.54) is 6.07 Å². The SMILES string of the molecule is CCOc1ccc(C(O)C(F)F)c(Br)c1. The maximum atomic E-state index is 12.2. The summed E-state index contributed by atoms with van der Waals surface area (Å²) in [6.07, 6.45) is -4.56. The van der Waals surface area contributed by atoms with Crippen molar-refractivity contribution in [3.05, 3.63) is 28.2 Å². The number of halogens is 3. The van der Waals surface area contributed by atoms with Crippen LogP contribution in [0.15, 0.2) is 22.7 Å². The van der Waals surface area contributed by atoms with Gasteiger partial charge < -0.3 is 9.84 Å². The number of hydrogen-bond acceptors (Lipinski definition) is 2. The number of ether oxygens (including phenoxy) is 1. The maximum Gasteiger partial charge on any atom is 0.268 e. The molecule has 0 heterocycles. The Hall–Kier alpha value is -0.680. The molecule has 0 radical (unpaired) electrons. The third kappa shape index (κ3) is 3.14. The summed E-state index contributed by atoms with van der Waals surface area (Å²) in [7, 11) is 0. The van der Waals surface area contributed by atoms with Crippen molar-refractivity contribution in [2.24, 2.45) is 0 Å². The Morgan fingerprint density at radius 3 is 2.60 bits per heavy atom. The molecule has 0 fully saturated rings. The van der Waals surface area contributed by atoms with Gasteiger partial charge in [0.2, 0.25) is 0 Å². The zero-order chi connectivity index (χ0) is 11.4. The molecule has 0 spiro atoms. The van der Waals surface area contributed by atoms with Gasteiger partial charge in [0.1, 0.15) is 11.9 Å². The molecule has 2 nitrogen and oxygen atoms in total. The number of hydrogen-bond donors (Lipinski definition) is 1. The first-order chi connectivity index (χ1) is 7.06. The van der Waals surface area contributed by atoms with Crippen molar-refractivity contribution in [2.45, 2.75) is 19.5 Å². The second-order valence-electron chi connectivity index (χ2n) is 2.90. The van der Waals surface area contributed by atoms with Gasteiger partial charge in [-0.3, -0.25) is 0 Å². The molecule has 1 aromatic carbocycles. The number of rotatable bonds is 4. The number of benzene rings is 1. The standard InChI is InChI=1S/C10H11BrF2O2/c1-2-15-6-3-4-7(8(11)5-6)9(14)10(12)13/h3-5,9-10,14H,2H2,1H3. The van der Waals surface area contributed by atoms with E-state index in [0.717, 1.165) is 0 Å². The molecular weight excluding hydrogens is 270 g/mol. The Morgan fingerprint density at radius 1 is 1.47 bits per heavy atom. The van der Waals surface area contributed by atoms with Crippen LogP contribution in [0, 0.1) is 0 Å². The minimum absolute atomic E-state index is 0.161. The van der Waals surface area contributed by atoms with E-state index < -0.39 is 12.5 Å². The molecular formula is C10H11BrF2O2. The van der Waals surface area contributed by atoms with E-state index in [9.17, 15) is 13.9 Å². The van der Waals surface area contributed by atoms with Crippen molar-refractivity contribution >= 4 is 15.9 Å². The van der Waals surface area contributed by atoms with Gasteiger partial charge in [0.25, 0.3) is 6.43 Å². The van der Waals surface area contributed by atoms with Gasteiger partial charge in [0.15, 0.2) is 0 Å². The summed E-state index contributed by atoms with van der Waals surface area (Å²) in [6.45, 7) is 2.33. The molecule has 1 atom stereocenters. The molecule has 0 saturated carbocycles. The van der Waals surface area contributed by atoms with Gasteiger partial charge in [-0.2, -0.15) is 0 Å². The number of aliphatic hydroxyl groups excluding tert-OH is 1. The molecule has 0 aliphatic rings. The van der Waals surface area contributed by atoms with Gasteiger partial charge >= 0.3 is 0 Å². The van der Waals surface area contributed by atoms with Crippen LogP contribution in [0.25, 0.3) is 0 Å². The summed E-state index contributed by atoms with van der Waals surface area (Å²) in [6, 6.07) is 4.53. The smallest absolute Gasteiger partial charge is 0.268 e. The van der Waals surface area contributed by atoms with Crippen LogP contribution in [0.3, 0.4) is 0 Å². The van der Waals surface area contributed by atoms with E-state index in [0.29, 0.717) is 16.8 Å². The van der Waals surface area contributed by atoms with Crippen LogP contribution >= 0.6 is 15.9 Å². The molecule has 1 N–H and O–H groups in total. The second kappa shape index (κ2) is 5.42. The fourth-order valence-electron chi connectivity index (χ4n) is 1.14. The van der Waals surface area contributed by atoms with Crippen LogP contribution in [-0.2, 0) is 0 Å². The van der Waals surface area contributed by atoms with E-state index >= 15 is 0 Å². The number of aliphatic hydroxyl groups is 1. The minimum Gasteiger partial charge on any atom is -0.494 e. The van der Waals surface area contributed by atoms with Crippen LogP contribution in [0.1, 0.15) is 18.6 Å². The van der Waals surface area contributed by atoms with E-state index in [-0.39, 0.29) is 5.56 Å². The molecule has 84 valence electrons. The van der Waals surface area contributed by atoms with Crippen molar-refractivity contribution in [3.63, 3.8) is 0 Å². The average Bonchev–Trinajstić information content (AvgIpc) is 2.17. The van der Waals surface area contributed by atoms with Crippen molar-refractivity contribution in [1.82, 2.24) is 0 Å². The molecule has 1 aromatic rings. The largest absolute Gasteiger partial charge is 0.494 e. The molecule has 0 bridgehead atoms. The van der Waals surface area contributed by atoms with E-state index in [1.54, 1.807) is 12.1 Å². The Labute approximate surface area is 95.0 Å². The van der Waals surface area contributed by atoms with Gasteiger partial charge in [0.05, 0.1) is 6.61 Å². The van der Waals surface area contributed by atoms with Crippen LogP contribution < -0.4 is 4.74 Å². The zero-order valence-electron chi connectivity index (χ0n) is 8.08. The Balaban J connectivity index is 2.92. The molecule has 0 aromatic heterocycles. The quantitative estimate of drug-likeness (QED) is 0.918. The molecule has 0 aliphatic heterocycles. The molecule has 5 heteroatoms. The van der Waals surface area contributed by atoms with Crippen molar-refractivity contribution in [1.29, 1.82) is 0 Å². The van der Waals surface area contributed by atoms with Crippen LogP contribution in [0.2, 0.25) is 0 Å². The van der Waals surface area contributed by atoms with Gasteiger partial charge in [-0.25, -0.2) is 8.78 Å². The highest BCUT2D eigenvalue weighted by Gasteiger charge is 2.21. The average molecular weight is 281 g/mol. The number of alkyl halides is 2. The first-order valence-corrected chi connectivity index (χ1v) is 5.24. The lowest BCUT2D eigenvalue weighted by Crippen LogP contribution is -2.08. The second-order valence-corrected chi connectivity index (χ2v) is 3.75. The Morgan fingerprint density at radius 2 is 2.13 bits per heavy atom. The van der Waals surface area contributed by atoms with Crippen molar-refractivity contribution in [2.75, 3.05) is 6.61 Å². The van der Waals surface area contributed by atoms with Crippen LogP contribution in [-0.4, -0.2) is 18.1 Å². The zero-order valence-corrected chi connectivity index (χ0v) is 9.67. The lowest BCUT2D eigenvalue weighted by atomic mass is 10.1. The minimum atomic E-state index is -2.79. The molecule has 0 amide bonds. The van der Waals surface area contributed by atoms with E-state index in [4.69, 9.17) is 4.74 Å². The van der Waals surface area contributed by atoms with Crippen molar-refractivity contribution < 1.29 is 18.6 Å². The highest BCUT2D eigenvalue weighted by molar-refractivity contribution is 9.10. The molecule has 1 unspecified atom stereocenters. The summed E-state index contributed by atoms with van der Waals surface area (Å²) < 4.78 is 30.1. The topological polar surface area (TPSA) is 29.5 Å². The van der Waals surface area contributed by atoms with Gasteiger partial charge in [-0.05, 0) is 19.1 Å². The fraction of sp³-hybridized carbons (Fsp3) is 0.400. The summed E-state index contributed by atoms with van der Waals surface area (Å²) in [5.74, 6) is 0.578. The van der Waals surface area contributed by atoms with Crippen molar-refractivity contribution in [3.8, 4) is 5.75 Å². The molecule has 0 saturated heterocycles. The van der Waals surface area contributed by atoms with E-state index in [1.807, 2.05) is 6.92 Å². The van der Waals surface area contributed by atoms with Gasteiger partial charge in [-0.1, -0.05) is 22.0 Å².